The Morgan fingerprint density at radius 2 is 1.67 bits per heavy atom. The molecule has 33 heavy (non-hydrogen) atoms. The molecule has 3 N–H and O–H groups in total. The average molecular weight is 493 g/mol. The lowest BCUT2D eigenvalue weighted by Crippen LogP contribution is -2.56. The van der Waals surface area contributed by atoms with Gasteiger partial charge in [-0.1, -0.05) is 30.3 Å². The average Bonchev–Trinajstić information content (AvgIpc) is 3.22. The summed E-state index contributed by atoms with van der Waals surface area (Å²) in [6.45, 7) is 1.95. The highest BCUT2D eigenvalue weighted by atomic mass is 32.2. The topological polar surface area (TPSA) is 104 Å². The zero-order valence-electron chi connectivity index (χ0n) is 18.1. The minimum atomic E-state index is -3.83. The fourth-order valence-electron chi connectivity index (χ4n) is 3.97. The van der Waals surface area contributed by atoms with Crippen LogP contribution >= 0.6 is 11.3 Å². The van der Waals surface area contributed by atoms with E-state index in [9.17, 15) is 28.1 Å². The fourth-order valence-corrected chi connectivity index (χ4v) is 5.99. The molecule has 0 radical (unpaired) electrons. The summed E-state index contributed by atoms with van der Waals surface area (Å²) in [4.78, 5) is 2.09. The Kier molecular flexibility index (Phi) is 6.73. The van der Waals surface area contributed by atoms with Crippen molar-refractivity contribution >= 4 is 21.2 Å². The molecular weight excluding hydrogens is 467 g/mol. The van der Waals surface area contributed by atoms with Crippen LogP contribution in [0.2, 0.25) is 0 Å². The van der Waals surface area contributed by atoms with E-state index in [0.717, 1.165) is 32.7 Å². The lowest BCUT2D eigenvalue weighted by molar-refractivity contribution is -0.202. The third kappa shape index (κ3) is 5.03. The molecule has 0 aliphatic carbocycles. The van der Waals surface area contributed by atoms with Crippen molar-refractivity contribution in [3.05, 3.63) is 82.0 Å². The van der Waals surface area contributed by atoms with Crippen molar-refractivity contribution in [2.24, 2.45) is 0 Å². The molecule has 9 heteroatoms. The van der Waals surface area contributed by atoms with Crippen LogP contribution in [-0.2, 0) is 21.0 Å². The van der Waals surface area contributed by atoms with E-state index in [1.54, 1.807) is 29.5 Å². The number of benzene rings is 2. The number of halogens is 1. The van der Waals surface area contributed by atoms with Crippen LogP contribution in [0.25, 0.3) is 10.4 Å². The minimum Gasteiger partial charge on any atom is -0.387 e. The Balaban J connectivity index is 1.60. The second kappa shape index (κ2) is 9.25. The van der Waals surface area contributed by atoms with Gasteiger partial charge in [0.1, 0.15) is 30.2 Å². The maximum absolute atomic E-state index is 13.2. The van der Waals surface area contributed by atoms with Crippen LogP contribution in [0.3, 0.4) is 0 Å². The molecule has 3 aromatic rings. The molecule has 6 nitrogen and oxygen atoms in total. The number of aliphatic hydroxyl groups is 3. The minimum absolute atomic E-state index is 0.286. The van der Waals surface area contributed by atoms with Gasteiger partial charge in [-0.25, -0.2) is 12.8 Å². The van der Waals surface area contributed by atoms with E-state index in [0.29, 0.717) is 12.0 Å². The molecule has 1 saturated heterocycles. The van der Waals surface area contributed by atoms with Gasteiger partial charge in [0.05, 0.1) is 0 Å². The lowest BCUT2D eigenvalue weighted by Gasteiger charge is -2.40. The van der Waals surface area contributed by atoms with Crippen molar-refractivity contribution < 1.29 is 32.9 Å². The van der Waals surface area contributed by atoms with Crippen LogP contribution in [0.1, 0.15) is 27.7 Å². The molecule has 0 saturated carbocycles. The van der Waals surface area contributed by atoms with E-state index in [4.69, 9.17) is 4.74 Å². The largest absolute Gasteiger partial charge is 0.387 e. The second-order valence-electron chi connectivity index (χ2n) is 8.36. The number of sulfone groups is 1. The molecule has 176 valence electrons. The smallest absolute Gasteiger partial charge is 0.187 e. The van der Waals surface area contributed by atoms with Crippen molar-refractivity contribution in [3.63, 3.8) is 0 Å². The first-order chi connectivity index (χ1) is 15.5. The Morgan fingerprint density at radius 1 is 0.970 bits per heavy atom. The molecule has 1 aromatic heterocycles. The molecule has 0 spiro atoms. The molecule has 0 amide bonds. The van der Waals surface area contributed by atoms with E-state index < -0.39 is 39.7 Å². The number of hydrogen-bond donors (Lipinski definition) is 3. The molecule has 2 aromatic carbocycles. The Bertz CT molecular complexity index is 1240. The molecular formula is C24H25FO6S2. The third-order valence-electron chi connectivity index (χ3n) is 5.85. The van der Waals surface area contributed by atoms with Gasteiger partial charge in [-0.2, -0.15) is 0 Å². The molecule has 2 heterocycles. The summed E-state index contributed by atoms with van der Waals surface area (Å²) in [6.07, 6.45) is -4.50. The van der Waals surface area contributed by atoms with Gasteiger partial charge >= 0.3 is 0 Å². The van der Waals surface area contributed by atoms with Crippen LogP contribution in [0.4, 0.5) is 4.39 Å². The van der Waals surface area contributed by atoms with E-state index in [-0.39, 0.29) is 5.82 Å². The summed E-state index contributed by atoms with van der Waals surface area (Å²) < 4.78 is 42.8. The van der Waals surface area contributed by atoms with Crippen molar-refractivity contribution in [2.75, 3.05) is 6.26 Å². The summed E-state index contributed by atoms with van der Waals surface area (Å²) in [6, 6.07) is 15.7. The molecule has 0 bridgehead atoms. The standard InChI is InChI=1S/C24H25FO6S2/c1-13-3-4-15(23-21(27)20(26)22(28)24(31-23)33(2,29)30)11-16(13)12-18-9-10-19(32-18)14-5-7-17(25)8-6-14/h3-11,20-24,26-28H,12H2,1-2H3. The molecule has 5 atom stereocenters. The summed E-state index contributed by atoms with van der Waals surface area (Å²) in [5, 5.41) is 30.8. The SMILES string of the molecule is Cc1ccc(C2OC(S(C)(=O)=O)C(O)C(O)C2O)cc1Cc1ccc(-c2ccc(F)cc2)s1. The van der Waals surface area contributed by atoms with Crippen LogP contribution < -0.4 is 0 Å². The summed E-state index contributed by atoms with van der Waals surface area (Å²) >= 11 is 1.59. The second-order valence-corrected chi connectivity index (χ2v) is 11.7. The highest BCUT2D eigenvalue weighted by Crippen LogP contribution is 2.36. The van der Waals surface area contributed by atoms with E-state index in [1.807, 2.05) is 31.2 Å². The van der Waals surface area contributed by atoms with Crippen molar-refractivity contribution in [1.82, 2.24) is 0 Å². The fraction of sp³-hybridized carbons (Fsp3) is 0.333. The normalized spacial score (nSPS) is 25.8. The highest BCUT2D eigenvalue weighted by molar-refractivity contribution is 7.91. The van der Waals surface area contributed by atoms with Crippen LogP contribution in [0.15, 0.2) is 54.6 Å². The number of ether oxygens (including phenoxy) is 1. The lowest BCUT2D eigenvalue weighted by atomic mass is 9.92. The van der Waals surface area contributed by atoms with E-state index >= 15 is 0 Å². The summed E-state index contributed by atoms with van der Waals surface area (Å²) in [7, 11) is -3.83. The summed E-state index contributed by atoms with van der Waals surface area (Å²) in [5.41, 5.74) is 1.75. The number of aryl methyl sites for hydroxylation is 1. The van der Waals surface area contributed by atoms with Gasteiger partial charge in [0.15, 0.2) is 15.3 Å². The van der Waals surface area contributed by atoms with Gasteiger partial charge in [0.2, 0.25) is 0 Å². The molecule has 1 aliphatic rings. The quantitative estimate of drug-likeness (QED) is 0.506. The number of thiophene rings is 1. The highest BCUT2D eigenvalue weighted by Gasteiger charge is 2.48. The zero-order valence-corrected chi connectivity index (χ0v) is 19.7. The molecule has 1 fully saturated rings. The third-order valence-corrected chi connectivity index (χ3v) is 8.22. The predicted octanol–water partition coefficient (Wildman–Crippen LogP) is 2.98. The first-order valence-corrected chi connectivity index (χ1v) is 13.1. The van der Waals surface area contributed by atoms with Crippen LogP contribution in [0.5, 0.6) is 0 Å². The number of aliphatic hydroxyl groups excluding tert-OH is 3. The maximum atomic E-state index is 13.2. The van der Waals surface area contributed by atoms with Gasteiger partial charge in [-0.05, 0) is 53.4 Å². The summed E-state index contributed by atoms with van der Waals surface area (Å²) in [5.74, 6) is -0.286. The van der Waals surface area contributed by atoms with Crippen LogP contribution in [0, 0.1) is 12.7 Å². The Hall–Kier alpha value is -2.14. The molecule has 5 unspecified atom stereocenters. The van der Waals surface area contributed by atoms with Crippen LogP contribution in [-0.4, -0.2) is 53.7 Å². The van der Waals surface area contributed by atoms with Gasteiger partial charge < -0.3 is 20.1 Å². The number of hydrogen-bond acceptors (Lipinski definition) is 7. The molecule has 1 aliphatic heterocycles. The number of rotatable bonds is 5. The van der Waals surface area contributed by atoms with Crippen molar-refractivity contribution in [3.8, 4) is 10.4 Å². The first-order valence-electron chi connectivity index (χ1n) is 10.4. The molecule has 4 rings (SSSR count). The van der Waals surface area contributed by atoms with Crippen molar-refractivity contribution in [1.29, 1.82) is 0 Å². The Labute approximate surface area is 195 Å². The predicted molar refractivity (Wildman–Crippen MR) is 124 cm³/mol. The van der Waals surface area contributed by atoms with Gasteiger partial charge in [0, 0.05) is 22.4 Å². The Morgan fingerprint density at radius 3 is 2.33 bits per heavy atom. The first kappa shape index (κ1) is 24.0. The van der Waals surface area contributed by atoms with Gasteiger partial charge in [-0.15, -0.1) is 11.3 Å². The van der Waals surface area contributed by atoms with Gasteiger partial charge in [-0.3, -0.25) is 0 Å². The zero-order chi connectivity index (χ0) is 23.9. The van der Waals surface area contributed by atoms with Crippen molar-refractivity contribution in [2.45, 2.75) is 43.2 Å². The maximum Gasteiger partial charge on any atom is 0.187 e. The van der Waals surface area contributed by atoms with E-state index in [2.05, 4.69) is 0 Å². The monoisotopic (exact) mass is 492 g/mol. The van der Waals surface area contributed by atoms with Gasteiger partial charge in [0.25, 0.3) is 0 Å². The van der Waals surface area contributed by atoms with E-state index in [1.165, 1.54) is 12.1 Å².